The van der Waals surface area contributed by atoms with Gasteiger partial charge in [-0.05, 0) is 47.4 Å². The van der Waals surface area contributed by atoms with Gasteiger partial charge in [0.2, 0.25) is 5.91 Å². The van der Waals surface area contributed by atoms with Gasteiger partial charge < -0.3 is 15.4 Å². The molecule has 1 aliphatic rings. The number of rotatable bonds is 9. The van der Waals surface area contributed by atoms with Gasteiger partial charge in [-0.1, -0.05) is 76.2 Å². The summed E-state index contributed by atoms with van der Waals surface area (Å²) in [6.45, 7) is 8.47. The summed E-state index contributed by atoms with van der Waals surface area (Å²) in [4.78, 5) is 25.2. The summed E-state index contributed by atoms with van der Waals surface area (Å²) in [7, 11) is 0. The zero-order valence-corrected chi connectivity index (χ0v) is 19.0. The smallest absolute Gasteiger partial charge is 0.407 e. The fraction of sp³-hybridized carbons (Fsp3) is 0.462. The first-order chi connectivity index (χ1) is 14.9. The molecule has 0 bridgehead atoms. The molecule has 0 heterocycles. The molecule has 0 radical (unpaired) electrons. The first-order valence-electron chi connectivity index (χ1n) is 11.4. The number of ether oxygens (including phenoxy) is 1. The third kappa shape index (κ3) is 5.46. The number of amides is 2. The molecule has 2 aromatic rings. The van der Waals surface area contributed by atoms with Gasteiger partial charge in [-0.25, -0.2) is 4.79 Å². The standard InChI is InChI=1S/C26H34N2O3/c1-5-18(15-17(3)4)27-25(29)24(6-2)28-26(30)31-16-23-21-13-9-7-11-19(21)20-12-8-10-14-22(20)23/h7-14,17-18,23-24H,5-6,15-16H2,1-4H3,(H,27,29)(H,28,30). The average molecular weight is 423 g/mol. The molecule has 2 unspecified atom stereocenters. The highest BCUT2D eigenvalue weighted by atomic mass is 16.5. The molecular weight excluding hydrogens is 388 g/mol. The highest BCUT2D eigenvalue weighted by Gasteiger charge is 2.29. The summed E-state index contributed by atoms with van der Waals surface area (Å²) in [5.41, 5.74) is 4.71. The van der Waals surface area contributed by atoms with Crippen LogP contribution in [0.2, 0.25) is 0 Å². The SMILES string of the molecule is CCC(CC(C)C)NC(=O)C(CC)NC(=O)OCC1c2ccccc2-c2ccccc21. The molecule has 2 aromatic carbocycles. The predicted octanol–water partition coefficient (Wildman–Crippen LogP) is 5.24. The number of fused-ring (bicyclic) bond motifs is 3. The fourth-order valence-corrected chi connectivity index (χ4v) is 4.33. The second-order valence-electron chi connectivity index (χ2n) is 8.67. The van der Waals surface area contributed by atoms with E-state index < -0.39 is 12.1 Å². The number of alkyl carbamates (subject to hydrolysis) is 1. The van der Waals surface area contributed by atoms with E-state index in [1.54, 1.807) is 0 Å². The Morgan fingerprint density at radius 1 is 0.903 bits per heavy atom. The fourth-order valence-electron chi connectivity index (χ4n) is 4.33. The van der Waals surface area contributed by atoms with E-state index in [-0.39, 0.29) is 24.5 Å². The maximum atomic E-state index is 12.7. The van der Waals surface area contributed by atoms with E-state index in [2.05, 4.69) is 55.7 Å². The van der Waals surface area contributed by atoms with Crippen LogP contribution in [0, 0.1) is 5.92 Å². The second kappa shape index (κ2) is 10.5. The van der Waals surface area contributed by atoms with E-state index in [0.717, 1.165) is 12.8 Å². The Kier molecular flexibility index (Phi) is 7.72. The van der Waals surface area contributed by atoms with Crippen LogP contribution in [-0.4, -0.2) is 30.7 Å². The van der Waals surface area contributed by atoms with E-state index >= 15 is 0 Å². The van der Waals surface area contributed by atoms with Gasteiger partial charge >= 0.3 is 6.09 Å². The summed E-state index contributed by atoms with van der Waals surface area (Å²) >= 11 is 0. The van der Waals surface area contributed by atoms with Gasteiger partial charge in [-0.2, -0.15) is 0 Å². The van der Waals surface area contributed by atoms with E-state index in [1.165, 1.54) is 22.3 Å². The number of hydrogen-bond acceptors (Lipinski definition) is 3. The molecule has 2 N–H and O–H groups in total. The Hall–Kier alpha value is -2.82. The van der Waals surface area contributed by atoms with Gasteiger partial charge in [0.15, 0.2) is 0 Å². The van der Waals surface area contributed by atoms with E-state index in [1.807, 2.05) is 31.2 Å². The average Bonchev–Trinajstić information content (AvgIpc) is 3.09. The van der Waals surface area contributed by atoms with E-state index in [0.29, 0.717) is 12.3 Å². The van der Waals surface area contributed by atoms with Crippen molar-refractivity contribution in [2.24, 2.45) is 5.92 Å². The van der Waals surface area contributed by atoms with Crippen LogP contribution in [0.5, 0.6) is 0 Å². The molecule has 2 amide bonds. The minimum atomic E-state index is -0.600. The Labute approximate surface area is 185 Å². The minimum Gasteiger partial charge on any atom is -0.449 e. The van der Waals surface area contributed by atoms with Crippen molar-refractivity contribution in [3.63, 3.8) is 0 Å². The van der Waals surface area contributed by atoms with Crippen LogP contribution < -0.4 is 10.6 Å². The molecule has 3 rings (SSSR count). The van der Waals surface area contributed by atoms with Crippen molar-refractivity contribution in [1.82, 2.24) is 10.6 Å². The molecule has 31 heavy (non-hydrogen) atoms. The lowest BCUT2D eigenvalue weighted by molar-refractivity contribution is -0.124. The molecule has 1 aliphatic carbocycles. The Bertz CT molecular complexity index is 864. The number of nitrogens with one attached hydrogen (secondary N) is 2. The van der Waals surface area contributed by atoms with Gasteiger partial charge in [-0.3, -0.25) is 4.79 Å². The van der Waals surface area contributed by atoms with Gasteiger partial charge in [-0.15, -0.1) is 0 Å². The molecule has 0 aliphatic heterocycles. The van der Waals surface area contributed by atoms with Crippen LogP contribution in [0.15, 0.2) is 48.5 Å². The maximum absolute atomic E-state index is 12.7. The van der Waals surface area contributed by atoms with Crippen molar-refractivity contribution in [1.29, 1.82) is 0 Å². The monoisotopic (exact) mass is 422 g/mol. The lowest BCUT2D eigenvalue weighted by Crippen LogP contribution is -2.49. The third-order valence-electron chi connectivity index (χ3n) is 5.96. The van der Waals surface area contributed by atoms with E-state index in [4.69, 9.17) is 4.74 Å². The number of carbonyl (C=O) groups is 2. The Balaban J connectivity index is 1.60. The molecular formula is C26H34N2O3. The van der Waals surface area contributed by atoms with Crippen molar-refractivity contribution in [3.8, 4) is 11.1 Å². The molecule has 5 nitrogen and oxygen atoms in total. The van der Waals surface area contributed by atoms with Crippen LogP contribution >= 0.6 is 0 Å². The van der Waals surface area contributed by atoms with Gasteiger partial charge in [0.05, 0.1) is 0 Å². The highest BCUT2D eigenvalue weighted by molar-refractivity contribution is 5.86. The third-order valence-corrected chi connectivity index (χ3v) is 5.96. The van der Waals surface area contributed by atoms with Crippen LogP contribution in [0.3, 0.4) is 0 Å². The first kappa shape index (κ1) is 22.9. The summed E-state index contributed by atoms with van der Waals surface area (Å²) in [5, 5.41) is 5.82. The van der Waals surface area contributed by atoms with Gasteiger partial charge in [0, 0.05) is 12.0 Å². The summed E-state index contributed by atoms with van der Waals surface area (Å²) in [6, 6.07) is 16.0. The predicted molar refractivity (Wildman–Crippen MR) is 124 cm³/mol. The second-order valence-corrected chi connectivity index (χ2v) is 8.67. The molecule has 166 valence electrons. The normalized spacial score (nSPS) is 14.5. The zero-order chi connectivity index (χ0) is 22.4. The Morgan fingerprint density at radius 3 is 2.00 bits per heavy atom. The molecule has 0 spiro atoms. The van der Waals surface area contributed by atoms with Crippen molar-refractivity contribution in [3.05, 3.63) is 59.7 Å². The van der Waals surface area contributed by atoms with Crippen LogP contribution in [0.4, 0.5) is 4.79 Å². The number of carbonyl (C=O) groups excluding carboxylic acids is 2. The lowest BCUT2D eigenvalue weighted by atomic mass is 9.98. The van der Waals surface area contributed by atoms with Crippen LogP contribution in [0.25, 0.3) is 11.1 Å². The topological polar surface area (TPSA) is 67.4 Å². The van der Waals surface area contributed by atoms with Crippen molar-refractivity contribution < 1.29 is 14.3 Å². The summed E-state index contributed by atoms with van der Waals surface area (Å²) in [5.74, 6) is 0.353. The molecule has 0 aromatic heterocycles. The summed E-state index contributed by atoms with van der Waals surface area (Å²) < 4.78 is 5.59. The minimum absolute atomic E-state index is 0.00238. The molecule has 5 heteroatoms. The summed E-state index contributed by atoms with van der Waals surface area (Å²) in [6.07, 6.45) is 1.74. The van der Waals surface area contributed by atoms with E-state index in [9.17, 15) is 9.59 Å². The lowest BCUT2D eigenvalue weighted by Gasteiger charge is -2.23. The largest absolute Gasteiger partial charge is 0.449 e. The molecule has 0 saturated heterocycles. The molecule has 0 fully saturated rings. The maximum Gasteiger partial charge on any atom is 0.407 e. The number of hydrogen-bond donors (Lipinski definition) is 2. The van der Waals surface area contributed by atoms with Gasteiger partial charge in [0.25, 0.3) is 0 Å². The van der Waals surface area contributed by atoms with Crippen LogP contribution in [0.1, 0.15) is 64.0 Å². The van der Waals surface area contributed by atoms with Crippen molar-refractivity contribution in [2.45, 2.75) is 65.0 Å². The molecule has 2 atom stereocenters. The van der Waals surface area contributed by atoms with Crippen molar-refractivity contribution >= 4 is 12.0 Å². The number of benzene rings is 2. The zero-order valence-electron chi connectivity index (χ0n) is 19.0. The van der Waals surface area contributed by atoms with Crippen molar-refractivity contribution in [2.75, 3.05) is 6.61 Å². The highest BCUT2D eigenvalue weighted by Crippen LogP contribution is 2.44. The quantitative estimate of drug-likeness (QED) is 0.580. The molecule has 0 saturated carbocycles. The Morgan fingerprint density at radius 2 is 1.48 bits per heavy atom. The van der Waals surface area contributed by atoms with Crippen LogP contribution in [-0.2, 0) is 9.53 Å². The van der Waals surface area contributed by atoms with Gasteiger partial charge in [0.1, 0.15) is 12.6 Å². The first-order valence-corrected chi connectivity index (χ1v) is 11.4.